The smallest absolute Gasteiger partial charge is 0.104 e. The average Bonchev–Trinajstić information content (AvgIpc) is 3.02. The molecule has 5 unspecified atom stereocenters. The standard InChI is InChI=1S/C22H30O2/c1-22(2,24-13-16-12-23-16)15-8-6-14(7-9-15)21-19-10-11-20(21)18-5-3-4-17(18)19/h6-9,16-21H,3-5,10-13H2,1-2H3. The van der Waals surface area contributed by atoms with Crippen LogP contribution in [0.1, 0.15) is 63.0 Å². The van der Waals surface area contributed by atoms with E-state index in [2.05, 4.69) is 38.1 Å². The summed E-state index contributed by atoms with van der Waals surface area (Å²) in [6.45, 7) is 5.93. The summed E-state index contributed by atoms with van der Waals surface area (Å²) in [7, 11) is 0. The van der Waals surface area contributed by atoms with Gasteiger partial charge in [0.15, 0.2) is 0 Å². The van der Waals surface area contributed by atoms with Crippen LogP contribution < -0.4 is 0 Å². The first-order valence-electron chi connectivity index (χ1n) is 9.99. The van der Waals surface area contributed by atoms with Crippen molar-refractivity contribution in [3.8, 4) is 0 Å². The molecule has 3 saturated carbocycles. The van der Waals surface area contributed by atoms with Crippen molar-refractivity contribution in [3.63, 3.8) is 0 Å². The maximum Gasteiger partial charge on any atom is 0.104 e. The molecule has 4 fully saturated rings. The highest BCUT2D eigenvalue weighted by Gasteiger charge is 2.55. The maximum atomic E-state index is 6.10. The van der Waals surface area contributed by atoms with Gasteiger partial charge in [-0.15, -0.1) is 0 Å². The number of ether oxygens (including phenoxy) is 2. The molecule has 5 rings (SSSR count). The normalized spacial score (nSPS) is 40.1. The van der Waals surface area contributed by atoms with E-state index in [0.29, 0.717) is 12.7 Å². The zero-order valence-corrected chi connectivity index (χ0v) is 15.0. The predicted octanol–water partition coefficient (Wildman–Crippen LogP) is 4.88. The molecule has 0 amide bonds. The molecule has 0 spiro atoms. The quantitative estimate of drug-likeness (QED) is 0.720. The lowest BCUT2D eigenvalue weighted by atomic mass is 9.82. The van der Waals surface area contributed by atoms with Crippen LogP contribution in [-0.2, 0) is 15.1 Å². The lowest BCUT2D eigenvalue weighted by Gasteiger charge is -2.27. The third-order valence-corrected chi connectivity index (χ3v) is 7.50. The Morgan fingerprint density at radius 2 is 1.58 bits per heavy atom. The molecule has 1 aliphatic heterocycles. The van der Waals surface area contributed by atoms with Crippen molar-refractivity contribution in [1.29, 1.82) is 0 Å². The fourth-order valence-corrected chi connectivity index (χ4v) is 6.25. The van der Waals surface area contributed by atoms with E-state index in [9.17, 15) is 0 Å². The van der Waals surface area contributed by atoms with E-state index in [4.69, 9.17) is 9.47 Å². The van der Waals surface area contributed by atoms with Crippen LogP contribution in [0.4, 0.5) is 0 Å². The van der Waals surface area contributed by atoms with Crippen LogP contribution in [0.3, 0.4) is 0 Å². The average molecular weight is 326 g/mol. The van der Waals surface area contributed by atoms with Gasteiger partial charge in [0, 0.05) is 0 Å². The van der Waals surface area contributed by atoms with Crippen molar-refractivity contribution in [2.45, 2.75) is 63.6 Å². The molecule has 2 heteroatoms. The van der Waals surface area contributed by atoms with Crippen LogP contribution in [0.5, 0.6) is 0 Å². The lowest BCUT2D eigenvalue weighted by molar-refractivity contribution is -0.0285. The summed E-state index contributed by atoms with van der Waals surface area (Å²) in [5, 5.41) is 0. The van der Waals surface area contributed by atoms with E-state index in [0.717, 1.165) is 36.2 Å². The van der Waals surface area contributed by atoms with Crippen molar-refractivity contribution in [1.82, 2.24) is 0 Å². The summed E-state index contributed by atoms with van der Waals surface area (Å²) in [4.78, 5) is 0. The van der Waals surface area contributed by atoms with Crippen LogP contribution >= 0.6 is 0 Å². The number of epoxide rings is 1. The van der Waals surface area contributed by atoms with Gasteiger partial charge in [-0.1, -0.05) is 30.7 Å². The Morgan fingerprint density at radius 1 is 0.958 bits per heavy atom. The molecule has 24 heavy (non-hydrogen) atoms. The molecular weight excluding hydrogens is 296 g/mol. The van der Waals surface area contributed by atoms with Crippen molar-refractivity contribution >= 4 is 0 Å². The first-order valence-corrected chi connectivity index (χ1v) is 9.99. The molecule has 1 saturated heterocycles. The topological polar surface area (TPSA) is 21.8 Å². The van der Waals surface area contributed by atoms with Crippen LogP contribution in [0.15, 0.2) is 24.3 Å². The van der Waals surface area contributed by atoms with E-state index < -0.39 is 0 Å². The summed E-state index contributed by atoms with van der Waals surface area (Å²) in [5.74, 6) is 4.89. The minimum atomic E-state index is -0.227. The summed E-state index contributed by atoms with van der Waals surface area (Å²) in [6, 6.07) is 9.45. The fraction of sp³-hybridized carbons (Fsp3) is 0.727. The lowest BCUT2D eigenvalue weighted by Crippen LogP contribution is -2.24. The van der Waals surface area contributed by atoms with E-state index in [1.165, 1.54) is 37.7 Å². The van der Waals surface area contributed by atoms with Gasteiger partial charge in [0.25, 0.3) is 0 Å². The van der Waals surface area contributed by atoms with Crippen molar-refractivity contribution in [3.05, 3.63) is 35.4 Å². The minimum Gasteiger partial charge on any atom is -0.371 e. The molecular formula is C22H30O2. The van der Waals surface area contributed by atoms with Crippen molar-refractivity contribution in [2.24, 2.45) is 23.7 Å². The molecule has 0 N–H and O–H groups in total. The molecule has 0 aromatic heterocycles. The molecule has 1 heterocycles. The molecule has 4 aliphatic rings. The monoisotopic (exact) mass is 326 g/mol. The van der Waals surface area contributed by atoms with Gasteiger partial charge in [0.1, 0.15) is 6.10 Å². The third kappa shape index (κ3) is 2.45. The van der Waals surface area contributed by atoms with Crippen molar-refractivity contribution in [2.75, 3.05) is 13.2 Å². The highest BCUT2D eigenvalue weighted by molar-refractivity contribution is 5.32. The van der Waals surface area contributed by atoms with Gasteiger partial charge in [0.2, 0.25) is 0 Å². The van der Waals surface area contributed by atoms with Crippen LogP contribution in [0.2, 0.25) is 0 Å². The Balaban J connectivity index is 1.33. The van der Waals surface area contributed by atoms with Gasteiger partial charge in [-0.3, -0.25) is 0 Å². The Morgan fingerprint density at radius 3 is 2.17 bits per heavy atom. The second kappa shape index (κ2) is 5.57. The molecule has 2 bridgehead atoms. The molecule has 130 valence electrons. The van der Waals surface area contributed by atoms with E-state index >= 15 is 0 Å². The van der Waals surface area contributed by atoms with Gasteiger partial charge >= 0.3 is 0 Å². The predicted molar refractivity (Wildman–Crippen MR) is 94.9 cm³/mol. The Bertz CT molecular complexity index is 583. The SMILES string of the molecule is CC(C)(OCC1CO1)c1ccc(C2C3CCC2C2CCCC23)cc1. The van der Waals surface area contributed by atoms with E-state index in [1.54, 1.807) is 5.56 Å². The zero-order chi connectivity index (χ0) is 16.3. The highest BCUT2D eigenvalue weighted by atomic mass is 16.6. The van der Waals surface area contributed by atoms with Gasteiger partial charge in [0.05, 0.1) is 18.8 Å². The Labute approximate surface area is 145 Å². The van der Waals surface area contributed by atoms with Gasteiger partial charge < -0.3 is 9.47 Å². The summed E-state index contributed by atoms with van der Waals surface area (Å²) >= 11 is 0. The molecule has 5 atom stereocenters. The largest absolute Gasteiger partial charge is 0.371 e. The molecule has 3 aliphatic carbocycles. The Kier molecular flexibility index (Phi) is 3.58. The van der Waals surface area contributed by atoms with Crippen LogP contribution in [0.25, 0.3) is 0 Å². The van der Waals surface area contributed by atoms with Crippen molar-refractivity contribution < 1.29 is 9.47 Å². The summed E-state index contributed by atoms with van der Waals surface area (Å²) < 4.78 is 11.4. The molecule has 1 aromatic carbocycles. The van der Waals surface area contributed by atoms with E-state index in [-0.39, 0.29) is 5.60 Å². The number of hydrogen-bond donors (Lipinski definition) is 0. The number of benzene rings is 1. The third-order valence-electron chi connectivity index (χ3n) is 7.50. The fourth-order valence-electron chi connectivity index (χ4n) is 6.25. The molecule has 2 nitrogen and oxygen atoms in total. The molecule has 0 radical (unpaired) electrons. The summed E-state index contributed by atoms with van der Waals surface area (Å²) in [6.07, 6.45) is 7.79. The first kappa shape index (κ1) is 15.4. The highest BCUT2D eigenvalue weighted by Crippen LogP contribution is 2.65. The zero-order valence-electron chi connectivity index (χ0n) is 15.0. The minimum absolute atomic E-state index is 0.227. The van der Waals surface area contributed by atoms with Gasteiger partial charge in [-0.2, -0.15) is 0 Å². The number of rotatable bonds is 5. The van der Waals surface area contributed by atoms with Crippen LogP contribution in [0, 0.1) is 23.7 Å². The number of fused-ring (bicyclic) bond motifs is 5. The van der Waals surface area contributed by atoms with E-state index in [1.807, 2.05) is 0 Å². The summed E-state index contributed by atoms with van der Waals surface area (Å²) in [5.41, 5.74) is 2.66. The van der Waals surface area contributed by atoms with Gasteiger partial charge in [-0.05, 0) is 80.2 Å². The Hall–Kier alpha value is -0.860. The first-order chi connectivity index (χ1) is 11.6. The van der Waals surface area contributed by atoms with Gasteiger partial charge in [-0.25, -0.2) is 0 Å². The second-order valence-corrected chi connectivity index (χ2v) is 9.09. The molecule has 1 aromatic rings. The second-order valence-electron chi connectivity index (χ2n) is 9.09. The number of hydrogen-bond acceptors (Lipinski definition) is 2. The maximum absolute atomic E-state index is 6.10. The van der Waals surface area contributed by atoms with Crippen LogP contribution in [-0.4, -0.2) is 19.3 Å².